The molecule has 0 saturated carbocycles. The predicted molar refractivity (Wildman–Crippen MR) is 111 cm³/mol. The van der Waals surface area contributed by atoms with Gasteiger partial charge in [-0.05, 0) is 40.2 Å². The standard InChI is InChI=1S/C18H15BrF2N8OS/c1-18(10-6-23-28(2)7-10,17-24-14(19)8-31-17)9-22-16(30)15-25-27-29(26-15)13-4-3-11(20)5-12(13)21/h3-8H,9H2,1-2H3,(H,22,30). The maximum Gasteiger partial charge on any atom is 0.292 e. The van der Waals surface area contributed by atoms with Crippen molar-refractivity contribution in [2.45, 2.75) is 12.3 Å². The molecule has 0 fully saturated rings. The molecule has 3 heterocycles. The van der Waals surface area contributed by atoms with E-state index in [1.165, 1.54) is 11.3 Å². The van der Waals surface area contributed by atoms with Crippen LogP contribution in [0, 0.1) is 11.6 Å². The monoisotopic (exact) mass is 508 g/mol. The molecule has 1 atom stereocenters. The van der Waals surface area contributed by atoms with E-state index in [1.54, 1.807) is 17.9 Å². The molecule has 4 aromatic rings. The van der Waals surface area contributed by atoms with Crippen LogP contribution in [0.5, 0.6) is 0 Å². The second-order valence-corrected chi connectivity index (χ2v) is 8.56. The Morgan fingerprint density at radius 2 is 2.16 bits per heavy atom. The summed E-state index contributed by atoms with van der Waals surface area (Å²) in [5.41, 5.74) is 0.0718. The lowest BCUT2D eigenvalue weighted by Gasteiger charge is -2.26. The van der Waals surface area contributed by atoms with Gasteiger partial charge in [-0.2, -0.15) is 5.10 Å². The molecule has 9 nitrogen and oxygen atoms in total. The number of hydrogen-bond acceptors (Lipinski definition) is 7. The molecule has 3 aromatic heterocycles. The molecule has 1 amide bonds. The van der Waals surface area contributed by atoms with Gasteiger partial charge < -0.3 is 5.32 Å². The lowest BCUT2D eigenvalue weighted by molar-refractivity contribution is 0.0936. The van der Waals surface area contributed by atoms with Crippen molar-refractivity contribution in [1.29, 1.82) is 0 Å². The number of thiazole rings is 1. The van der Waals surface area contributed by atoms with E-state index in [4.69, 9.17) is 0 Å². The van der Waals surface area contributed by atoms with E-state index in [-0.39, 0.29) is 18.1 Å². The van der Waals surface area contributed by atoms with Crippen LogP contribution >= 0.6 is 27.3 Å². The van der Waals surface area contributed by atoms with Crippen LogP contribution in [0.4, 0.5) is 8.78 Å². The van der Waals surface area contributed by atoms with Crippen molar-refractivity contribution in [2.24, 2.45) is 7.05 Å². The molecule has 0 aliphatic rings. The highest BCUT2D eigenvalue weighted by molar-refractivity contribution is 9.10. The predicted octanol–water partition coefficient (Wildman–Crippen LogP) is 2.63. The van der Waals surface area contributed by atoms with E-state index in [2.05, 4.69) is 46.7 Å². The average Bonchev–Trinajstić information content (AvgIpc) is 3.47. The van der Waals surface area contributed by atoms with E-state index in [9.17, 15) is 13.6 Å². The number of tetrazole rings is 1. The number of carbonyl (C=O) groups excluding carboxylic acids is 1. The molecule has 0 spiro atoms. The maximum atomic E-state index is 13.9. The van der Waals surface area contributed by atoms with Gasteiger partial charge in [0.1, 0.15) is 21.1 Å². The Hall–Kier alpha value is -3.06. The number of carbonyl (C=O) groups is 1. The minimum absolute atomic E-state index is 0.124. The van der Waals surface area contributed by atoms with E-state index in [0.717, 1.165) is 27.5 Å². The van der Waals surface area contributed by atoms with Gasteiger partial charge in [-0.1, -0.05) is 0 Å². The normalized spacial score (nSPS) is 13.2. The molecule has 0 radical (unpaired) electrons. The summed E-state index contributed by atoms with van der Waals surface area (Å²) in [6.45, 7) is 2.12. The number of benzene rings is 1. The highest BCUT2D eigenvalue weighted by Gasteiger charge is 2.34. The topological polar surface area (TPSA) is 103 Å². The summed E-state index contributed by atoms with van der Waals surface area (Å²) in [6, 6.07) is 2.92. The van der Waals surface area contributed by atoms with E-state index in [1.807, 2.05) is 18.5 Å². The number of hydrogen-bond donors (Lipinski definition) is 1. The first-order valence-electron chi connectivity index (χ1n) is 8.90. The number of halogens is 3. The molecule has 160 valence electrons. The molecular formula is C18H15BrF2N8OS. The van der Waals surface area contributed by atoms with Crippen LogP contribution in [-0.2, 0) is 12.5 Å². The van der Waals surface area contributed by atoms with Crippen LogP contribution in [0.25, 0.3) is 5.69 Å². The smallest absolute Gasteiger partial charge is 0.292 e. The van der Waals surface area contributed by atoms with Crippen LogP contribution in [0.3, 0.4) is 0 Å². The summed E-state index contributed by atoms with van der Waals surface area (Å²) >= 11 is 4.81. The average molecular weight is 509 g/mol. The molecule has 0 aliphatic heterocycles. The van der Waals surface area contributed by atoms with E-state index >= 15 is 0 Å². The fourth-order valence-corrected chi connectivity index (χ4v) is 4.34. The molecule has 31 heavy (non-hydrogen) atoms. The highest BCUT2D eigenvalue weighted by atomic mass is 79.9. The fraction of sp³-hybridized carbons (Fsp3) is 0.222. The van der Waals surface area contributed by atoms with Crippen molar-refractivity contribution >= 4 is 33.2 Å². The highest BCUT2D eigenvalue weighted by Crippen LogP contribution is 2.34. The van der Waals surface area contributed by atoms with Crippen LogP contribution in [0.1, 0.15) is 28.1 Å². The van der Waals surface area contributed by atoms with Gasteiger partial charge in [0.15, 0.2) is 5.82 Å². The summed E-state index contributed by atoms with van der Waals surface area (Å²) in [6.07, 6.45) is 3.57. The summed E-state index contributed by atoms with van der Waals surface area (Å²) < 4.78 is 29.4. The fourth-order valence-electron chi connectivity index (χ4n) is 2.90. The Labute approximate surface area is 187 Å². The largest absolute Gasteiger partial charge is 0.348 e. The Bertz CT molecular complexity index is 1210. The number of amides is 1. The van der Waals surface area contributed by atoms with Gasteiger partial charge in [-0.3, -0.25) is 9.48 Å². The number of aromatic nitrogens is 7. The number of nitrogens with zero attached hydrogens (tertiary/aromatic N) is 7. The lowest BCUT2D eigenvalue weighted by Crippen LogP contribution is -2.39. The molecular weight excluding hydrogens is 494 g/mol. The van der Waals surface area contributed by atoms with Crippen LogP contribution < -0.4 is 5.32 Å². The summed E-state index contributed by atoms with van der Waals surface area (Å²) in [4.78, 5) is 18.0. The molecule has 13 heteroatoms. The molecule has 0 bridgehead atoms. The third kappa shape index (κ3) is 4.23. The summed E-state index contributed by atoms with van der Waals surface area (Å²) in [5.74, 6) is -2.46. The third-order valence-electron chi connectivity index (χ3n) is 4.63. The Balaban J connectivity index is 1.56. The minimum Gasteiger partial charge on any atom is -0.348 e. The quantitative estimate of drug-likeness (QED) is 0.429. The maximum absolute atomic E-state index is 13.9. The van der Waals surface area contributed by atoms with Gasteiger partial charge in [-0.15, -0.1) is 26.3 Å². The van der Waals surface area contributed by atoms with Crippen LogP contribution in [0.15, 0.2) is 40.6 Å². The second-order valence-electron chi connectivity index (χ2n) is 6.89. The summed E-state index contributed by atoms with van der Waals surface area (Å²) in [7, 11) is 1.80. The van der Waals surface area contributed by atoms with Gasteiger partial charge in [0.25, 0.3) is 11.7 Å². The third-order valence-corrected chi connectivity index (χ3v) is 6.45. The first-order valence-corrected chi connectivity index (χ1v) is 10.6. The van der Waals surface area contributed by atoms with Gasteiger partial charge in [0, 0.05) is 36.8 Å². The van der Waals surface area contributed by atoms with Gasteiger partial charge in [-0.25, -0.2) is 13.8 Å². The Kier molecular flexibility index (Phi) is 5.62. The van der Waals surface area contributed by atoms with E-state index < -0.39 is 23.0 Å². The van der Waals surface area contributed by atoms with Crippen molar-refractivity contribution in [3.8, 4) is 5.69 Å². The minimum atomic E-state index is -0.872. The lowest BCUT2D eigenvalue weighted by atomic mass is 9.85. The number of rotatable bonds is 6. The Morgan fingerprint density at radius 3 is 2.81 bits per heavy atom. The SMILES string of the molecule is Cn1cc(C(C)(CNC(=O)c2nnn(-c3ccc(F)cc3F)n2)c2nc(Br)cs2)cn1. The molecule has 0 saturated heterocycles. The molecule has 1 aromatic carbocycles. The Morgan fingerprint density at radius 1 is 1.35 bits per heavy atom. The van der Waals surface area contributed by atoms with Gasteiger partial charge in [0.2, 0.25) is 0 Å². The zero-order chi connectivity index (χ0) is 22.2. The van der Waals surface area contributed by atoms with Gasteiger partial charge >= 0.3 is 0 Å². The molecule has 1 unspecified atom stereocenters. The summed E-state index contributed by atoms with van der Waals surface area (Å²) in [5, 5.41) is 20.9. The number of aryl methyl sites for hydroxylation is 1. The molecule has 4 rings (SSSR count). The van der Waals surface area contributed by atoms with Gasteiger partial charge in [0.05, 0.1) is 11.6 Å². The zero-order valence-corrected chi connectivity index (χ0v) is 18.7. The zero-order valence-electron chi connectivity index (χ0n) is 16.3. The second kappa shape index (κ2) is 8.23. The first kappa shape index (κ1) is 21.2. The molecule has 1 N–H and O–H groups in total. The van der Waals surface area contributed by atoms with Crippen molar-refractivity contribution in [3.63, 3.8) is 0 Å². The molecule has 0 aliphatic carbocycles. The van der Waals surface area contributed by atoms with Crippen molar-refractivity contribution in [1.82, 2.24) is 40.3 Å². The van der Waals surface area contributed by atoms with Crippen LogP contribution in [0.2, 0.25) is 0 Å². The van der Waals surface area contributed by atoms with E-state index in [0.29, 0.717) is 10.7 Å². The first-order chi connectivity index (χ1) is 14.8. The number of nitrogens with one attached hydrogen (secondary N) is 1. The van der Waals surface area contributed by atoms with Crippen LogP contribution in [-0.4, -0.2) is 47.4 Å². The van der Waals surface area contributed by atoms with Crippen molar-refractivity contribution < 1.29 is 13.6 Å². The van der Waals surface area contributed by atoms with Crippen molar-refractivity contribution in [2.75, 3.05) is 6.54 Å². The van der Waals surface area contributed by atoms with Crippen molar-refractivity contribution in [3.05, 3.63) is 68.6 Å².